The summed E-state index contributed by atoms with van der Waals surface area (Å²) < 4.78 is 6.61. The largest absolute Gasteiger partial charge is 0.508 e. The van der Waals surface area contributed by atoms with Crippen LogP contribution in [0, 0.1) is 9.49 Å². The molecule has 0 aliphatic rings. The molecule has 0 saturated heterocycles. The quantitative estimate of drug-likeness (QED) is 0.102. The number of nitrogens with one attached hydrogen (secondary N) is 2. The van der Waals surface area contributed by atoms with Crippen molar-refractivity contribution >= 4 is 63.4 Å². The third-order valence-corrected chi connectivity index (χ3v) is 6.53. The Morgan fingerprint density at radius 3 is 2.49 bits per heavy atom. The van der Waals surface area contributed by atoms with Gasteiger partial charge in [0, 0.05) is 25.6 Å². The van der Waals surface area contributed by atoms with Gasteiger partial charge in [-0.1, -0.05) is 25.1 Å². The molecule has 0 aliphatic carbocycles. The molecule has 0 saturated carbocycles. The summed E-state index contributed by atoms with van der Waals surface area (Å²) in [5.74, 6) is -0.824. The monoisotopic (exact) mass is 603 g/mol. The van der Waals surface area contributed by atoms with Gasteiger partial charge < -0.3 is 20.9 Å². The Hall–Kier alpha value is -3.18. The van der Waals surface area contributed by atoms with Gasteiger partial charge in [0.15, 0.2) is 0 Å². The maximum absolute atomic E-state index is 12.7. The van der Waals surface area contributed by atoms with Crippen LogP contribution in [0.3, 0.4) is 0 Å². The number of hydrogen-bond donors (Lipinski definition) is 4. The Labute approximate surface area is 222 Å². The molecule has 182 valence electrons. The van der Waals surface area contributed by atoms with E-state index in [0.29, 0.717) is 22.6 Å². The average molecular weight is 603 g/mol. The van der Waals surface area contributed by atoms with Crippen LogP contribution < -0.4 is 16.4 Å². The fraction of sp³-hybridized carbons (Fsp3) is 0.154. The molecule has 3 aromatic carbocycles. The number of halogens is 1. The Kier molecular flexibility index (Phi) is 9.44. The van der Waals surface area contributed by atoms with Gasteiger partial charge >= 0.3 is 6.09 Å². The number of phenols is 1. The summed E-state index contributed by atoms with van der Waals surface area (Å²) in [4.78, 5) is 26.2. The highest BCUT2D eigenvalue weighted by Crippen LogP contribution is 2.35. The van der Waals surface area contributed by atoms with E-state index in [2.05, 4.69) is 33.2 Å². The molecule has 2 atom stereocenters. The third-order valence-electron chi connectivity index (χ3n) is 5.11. The van der Waals surface area contributed by atoms with E-state index in [1.165, 1.54) is 6.08 Å². The number of phenolic OH excluding ortho intramolecular Hbond substituents is 1. The van der Waals surface area contributed by atoms with Gasteiger partial charge in [0.25, 0.3) is 0 Å². The standard InChI is InChI=1S/C26H26IN3O4S/c1-16(7-14-24(32)30-22-6-4-3-5-21(22)28)25(20-15-17(27)8-13-23(20)31)34-26(33)29-18-9-11-19(35-2)12-10-18/h3-16,25,31H,28H2,1-2H3,(H,29,33)(H,30,32)/b14-7+/t16-,25-/m0/s1. The van der Waals surface area contributed by atoms with Gasteiger partial charge in [-0.25, -0.2) is 4.79 Å². The van der Waals surface area contributed by atoms with Crippen LogP contribution >= 0.6 is 34.4 Å². The van der Waals surface area contributed by atoms with E-state index in [9.17, 15) is 14.7 Å². The minimum atomic E-state index is -0.846. The second kappa shape index (κ2) is 12.5. The van der Waals surface area contributed by atoms with E-state index in [1.54, 1.807) is 79.4 Å². The Morgan fingerprint density at radius 1 is 1.09 bits per heavy atom. The Balaban J connectivity index is 1.77. The number of amides is 2. The second-order valence-electron chi connectivity index (χ2n) is 7.68. The van der Waals surface area contributed by atoms with E-state index >= 15 is 0 Å². The van der Waals surface area contributed by atoms with Crippen LogP contribution in [0.15, 0.2) is 83.8 Å². The van der Waals surface area contributed by atoms with Crippen molar-refractivity contribution in [1.82, 2.24) is 0 Å². The minimum Gasteiger partial charge on any atom is -0.508 e. The molecule has 35 heavy (non-hydrogen) atoms. The number of aromatic hydroxyl groups is 1. The predicted molar refractivity (Wildman–Crippen MR) is 150 cm³/mol. The van der Waals surface area contributed by atoms with Crippen molar-refractivity contribution in [2.24, 2.45) is 5.92 Å². The van der Waals surface area contributed by atoms with Crippen LogP contribution in [0.25, 0.3) is 0 Å². The van der Waals surface area contributed by atoms with Crippen LogP contribution in [0.1, 0.15) is 18.6 Å². The maximum atomic E-state index is 12.7. The molecule has 2 amide bonds. The normalized spacial score (nSPS) is 12.7. The summed E-state index contributed by atoms with van der Waals surface area (Å²) in [6.07, 6.45) is 3.43. The Morgan fingerprint density at radius 2 is 1.80 bits per heavy atom. The first-order valence-electron chi connectivity index (χ1n) is 10.7. The number of nitrogens with two attached hydrogens (primary N) is 1. The highest BCUT2D eigenvalue weighted by atomic mass is 127. The van der Waals surface area contributed by atoms with Crippen LogP contribution in [0.5, 0.6) is 5.75 Å². The van der Waals surface area contributed by atoms with Crippen molar-refractivity contribution in [3.63, 3.8) is 0 Å². The number of nitrogen functional groups attached to an aromatic ring is 1. The van der Waals surface area contributed by atoms with Crippen LogP contribution in [-0.4, -0.2) is 23.4 Å². The van der Waals surface area contributed by atoms with E-state index in [4.69, 9.17) is 10.5 Å². The highest BCUT2D eigenvalue weighted by molar-refractivity contribution is 14.1. The lowest BCUT2D eigenvalue weighted by Gasteiger charge is -2.24. The van der Waals surface area contributed by atoms with Gasteiger partial charge in [0.05, 0.1) is 11.4 Å². The zero-order valence-corrected chi connectivity index (χ0v) is 22.2. The first-order valence-corrected chi connectivity index (χ1v) is 13.0. The molecule has 7 nitrogen and oxygen atoms in total. The van der Waals surface area contributed by atoms with E-state index < -0.39 is 18.1 Å². The van der Waals surface area contributed by atoms with Gasteiger partial charge in [-0.15, -0.1) is 11.8 Å². The van der Waals surface area contributed by atoms with Crippen molar-refractivity contribution in [3.8, 4) is 5.75 Å². The summed E-state index contributed by atoms with van der Waals surface area (Å²) in [6, 6.07) is 19.4. The van der Waals surface area contributed by atoms with E-state index in [0.717, 1.165) is 8.47 Å². The van der Waals surface area contributed by atoms with Gasteiger partial charge in [-0.2, -0.15) is 0 Å². The summed E-state index contributed by atoms with van der Waals surface area (Å²) in [7, 11) is 0. The number of hydrogen-bond acceptors (Lipinski definition) is 6. The minimum absolute atomic E-state index is 0.00528. The fourth-order valence-electron chi connectivity index (χ4n) is 3.27. The number of ether oxygens (including phenoxy) is 1. The molecule has 0 aliphatic heterocycles. The number of para-hydroxylation sites is 2. The zero-order chi connectivity index (χ0) is 25.4. The summed E-state index contributed by atoms with van der Waals surface area (Å²) in [5.41, 5.74) is 7.86. The average Bonchev–Trinajstić information content (AvgIpc) is 2.84. The molecular formula is C26H26IN3O4S. The lowest BCUT2D eigenvalue weighted by Crippen LogP contribution is -2.21. The molecular weight excluding hydrogens is 577 g/mol. The third kappa shape index (κ3) is 7.66. The van der Waals surface area contributed by atoms with Gasteiger partial charge in [-0.05, 0) is 89.5 Å². The van der Waals surface area contributed by atoms with Crippen molar-refractivity contribution in [2.45, 2.75) is 17.9 Å². The number of benzene rings is 3. The maximum Gasteiger partial charge on any atom is 0.412 e. The number of anilines is 3. The van der Waals surface area contributed by atoms with Gasteiger partial charge in [-0.3, -0.25) is 10.1 Å². The van der Waals surface area contributed by atoms with Crippen molar-refractivity contribution in [1.29, 1.82) is 0 Å². The number of carbonyl (C=O) groups is 2. The zero-order valence-electron chi connectivity index (χ0n) is 19.2. The molecule has 0 unspecified atom stereocenters. The van der Waals surface area contributed by atoms with Crippen molar-refractivity contribution in [3.05, 3.63) is 88.0 Å². The van der Waals surface area contributed by atoms with E-state index in [-0.39, 0.29) is 11.7 Å². The van der Waals surface area contributed by atoms with E-state index in [1.807, 2.05) is 18.4 Å². The van der Waals surface area contributed by atoms with Crippen molar-refractivity contribution in [2.75, 3.05) is 22.6 Å². The van der Waals surface area contributed by atoms with Gasteiger partial charge in [0.2, 0.25) is 5.91 Å². The van der Waals surface area contributed by atoms with Crippen molar-refractivity contribution < 1.29 is 19.4 Å². The molecule has 0 spiro atoms. The summed E-state index contributed by atoms with van der Waals surface area (Å²) >= 11 is 3.72. The topological polar surface area (TPSA) is 114 Å². The molecule has 3 rings (SSSR count). The second-order valence-corrected chi connectivity index (χ2v) is 9.80. The smallest absolute Gasteiger partial charge is 0.412 e. The molecule has 0 aromatic heterocycles. The van der Waals surface area contributed by atoms with Crippen LogP contribution in [-0.2, 0) is 9.53 Å². The Bertz CT molecular complexity index is 1220. The molecule has 0 fully saturated rings. The lowest BCUT2D eigenvalue weighted by molar-refractivity contribution is -0.111. The first-order chi connectivity index (χ1) is 16.8. The van der Waals surface area contributed by atoms with Gasteiger partial charge in [0.1, 0.15) is 11.9 Å². The molecule has 9 heteroatoms. The lowest BCUT2D eigenvalue weighted by atomic mass is 9.96. The molecule has 0 heterocycles. The fourth-order valence-corrected chi connectivity index (χ4v) is 4.19. The first kappa shape index (κ1) is 26.4. The highest BCUT2D eigenvalue weighted by Gasteiger charge is 2.25. The summed E-state index contributed by atoms with van der Waals surface area (Å²) in [6.45, 7) is 1.80. The molecule has 3 aromatic rings. The molecule has 5 N–H and O–H groups in total. The summed E-state index contributed by atoms with van der Waals surface area (Å²) in [5, 5.41) is 15.9. The number of rotatable bonds is 8. The number of thioether (sulfide) groups is 1. The number of carbonyl (C=O) groups excluding carboxylic acids is 2. The van der Waals surface area contributed by atoms with Crippen LogP contribution in [0.2, 0.25) is 0 Å². The molecule has 0 radical (unpaired) electrons. The SMILES string of the molecule is CSc1ccc(NC(=O)O[C@H](c2cc(I)ccc2O)[C@@H](C)/C=C/C(=O)Nc2ccccc2N)cc1. The van der Waals surface area contributed by atoms with Crippen LogP contribution in [0.4, 0.5) is 21.9 Å². The molecule has 0 bridgehead atoms. The predicted octanol–water partition coefficient (Wildman–Crippen LogP) is 6.42.